The first-order chi connectivity index (χ1) is 45.4. The number of benzene rings is 5. The summed E-state index contributed by atoms with van der Waals surface area (Å²) in [7, 11) is 2.73. The third-order valence-corrected chi connectivity index (χ3v) is 17.1. The van der Waals surface area contributed by atoms with Crippen molar-refractivity contribution in [2.75, 3.05) is 42.4 Å². The van der Waals surface area contributed by atoms with E-state index in [4.69, 9.17) is 43.6 Å². The molecule has 5 aromatic carbocycles. The van der Waals surface area contributed by atoms with Crippen LogP contribution in [0, 0.1) is 16.0 Å². The second-order valence-electron chi connectivity index (χ2n) is 23.6. The van der Waals surface area contributed by atoms with E-state index in [0.717, 1.165) is 21.9 Å². The number of carbonyl (C=O) groups is 7. The Balaban J connectivity index is 0.832. The number of nitrogens with zero attached hydrogens (tertiary/aromatic N) is 5. The Hall–Kier alpha value is -9.89. The molecular weight excluding hydrogens is 1250 g/mol. The lowest BCUT2D eigenvalue weighted by molar-refractivity contribution is -0.387. The molecule has 5 aliphatic heterocycles. The molecule has 3 fully saturated rings. The number of amides is 6. The van der Waals surface area contributed by atoms with Crippen LogP contribution in [0.2, 0.25) is 0 Å². The van der Waals surface area contributed by atoms with Gasteiger partial charge in [-0.1, -0.05) is 50.2 Å². The van der Waals surface area contributed by atoms with Gasteiger partial charge in [-0.3, -0.25) is 29.3 Å². The van der Waals surface area contributed by atoms with Crippen LogP contribution in [-0.4, -0.2) is 182 Å². The number of fused-ring (bicyclic) bond motifs is 4. The fourth-order valence-corrected chi connectivity index (χ4v) is 11.8. The number of nitro benzene ring substituents is 1. The highest BCUT2D eigenvalue weighted by Crippen LogP contribution is 2.44. The van der Waals surface area contributed by atoms with Crippen LogP contribution in [0.15, 0.2) is 91.0 Å². The molecule has 31 nitrogen and oxygen atoms in total. The first-order valence-corrected chi connectivity index (χ1v) is 30.4. The Morgan fingerprint density at radius 2 is 1.15 bits per heavy atom. The lowest BCUT2D eigenvalue weighted by Crippen LogP contribution is -2.61. The highest BCUT2D eigenvalue weighted by Gasteiger charge is 2.50. The molecule has 0 aromatic heterocycles. The summed E-state index contributed by atoms with van der Waals surface area (Å²) in [5.41, 5.74) is 7.16. The molecule has 0 bridgehead atoms. The lowest BCUT2D eigenvalue weighted by Gasteiger charge is -2.38. The second-order valence-corrected chi connectivity index (χ2v) is 23.6. The van der Waals surface area contributed by atoms with Gasteiger partial charge in [0.25, 0.3) is 11.8 Å². The number of carboxylic acid groups (broad SMARTS) is 1. The van der Waals surface area contributed by atoms with Crippen LogP contribution < -0.4 is 49.9 Å². The van der Waals surface area contributed by atoms with Gasteiger partial charge < -0.3 is 94.7 Å². The number of aliphatic hydroxyl groups excluding tert-OH is 5. The molecule has 3 saturated heterocycles. The number of aliphatic carboxylic acids is 1. The van der Waals surface area contributed by atoms with E-state index in [9.17, 15) is 74.3 Å². The Kier molecular flexibility index (Phi) is 20.6. The Labute approximate surface area is 542 Å². The van der Waals surface area contributed by atoms with Gasteiger partial charge in [0, 0.05) is 37.0 Å². The molecule has 506 valence electrons. The number of nitro groups is 1. The van der Waals surface area contributed by atoms with Crippen LogP contribution in [0.25, 0.3) is 0 Å². The molecule has 95 heavy (non-hydrogen) atoms. The van der Waals surface area contributed by atoms with Crippen molar-refractivity contribution in [3.05, 3.63) is 134 Å². The van der Waals surface area contributed by atoms with Crippen molar-refractivity contribution in [2.24, 2.45) is 11.7 Å². The normalized spacial score (nSPS) is 22.8. The molecule has 10 N–H and O–H groups in total. The zero-order valence-corrected chi connectivity index (χ0v) is 52.1. The highest BCUT2D eigenvalue weighted by atomic mass is 16.7. The van der Waals surface area contributed by atoms with Crippen molar-refractivity contribution in [1.82, 2.24) is 15.1 Å². The maximum atomic E-state index is 14.3. The van der Waals surface area contributed by atoms with Gasteiger partial charge in [0.1, 0.15) is 50.8 Å². The van der Waals surface area contributed by atoms with Crippen LogP contribution in [0.4, 0.5) is 32.3 Å². The molecule has 0 saturated carbocycles. The van der Waals surface area contributed by atoms with Gasteiger partial charge in [0.2, 0.25) is 18.1 Å². The second kappa shape index (κ2) is 28.8. The smallest absolute Gasteiger partial charge is 0.416 e. The Bertz CT molecular complexity index is 3760. The molecule has 6 amide bonds. The molecular formula is C64H72N8O23. The third kappa shape index (κ3) is 14.3. The van der Waals surface area contributed by atoms with E-state index >= 15 is 0 Å². The zero-order valence-electron chi connectivity index (χ0n) is 52.1. The average Bonchev–Trinajstić information content (AvgIpc) is 1.64. The Morgan fingerprint density at radius 3 is 1.64 bits per heavy atom. The molecule has 5 aliphatic rings. The summed E-state index contributed by atoms with van der Waals surface area (Å²) in [6.45, 7) is 4.52. The number of hydrogen-bond donors (Lipinski definition) is 9. The topological polar surface area (TPSA) is 421 Å². The summed E-state index contributed by atoms with van der Waals surface area (Å²) >= 11 is 0. The first kappa shape index (κ1) is 68.0. The van der Waals surface area contributed by atoms with Gasteiger partial charge in [-0.25, -0.2) is 24.2 Å². The lowest BCUT2D eigenvalue weighted by atomic mass is 9.99. The molecule has 0 spiro atoms. The monoisotopic (exact) mass is 1320 g/mol. The Morgan fingerprint density at radius 1 is 0.642 bits per heavy atom. The number of aliphatic hydroxyl groups is 5. The van der Waals surface area contributed by atoms with Crippen molar-refractivity contribution < 1.29 is 107 Å². The summed E-state index contributed by atoms with van der Waals surface area (Å²) in [4.78, 5) is 110. The van der Waals surface area contributed by atoms with Gasteiger partial charge in [0.15, 0.2) is 47.3 Å². The van der Waals surface area contributed by atoms with E-state index in [-0.39, 0.29) is 83.3 Å². The molecule has 0 radical (unpaired) electrons. The number of carbonyl (C=O) groups excluding carboxylic acids is 6. The van der Waals surface area contributed by atoms with Crippen molar-refractivity contribution in [3.63, 3.8) is 0 Å². The summed E-state index contributed by atoms with van der Waals surface area (Å²) in [6.07, 6.45) is -13.8. The number of ether oxygens (including phenoxy) is 8. The number of carboxylic acids is 1. The number of rotatable bonds is 21. The first-order valence-electron chi connectivity index (χ1n) is 30.4. The standard InChI is InChI=1S/C64H72N8O23/c1-31(2)50(65)56(77)66-32(3)55(76)67-37-16-13-33(14-17-37)27-92-63(84)70-42-25-48(46(88-4)23-38(42)57(78)68-19-7-11-40(68)59(70)80)90-28-34-9-6-10-35(21-34)29-91-49-26-43-39(24-47(49)89-5)58(79)69-20-8-12-41(69)60(81)71(43)64(85)93-30-36-15-18-45(44(22-36)72(86)87)94-62-53(75)51(73)52(74)54(95-62)61(82)83/h6,9-10,13-18,21-26,31-32,40-41,50-54,59-60,62,73-75,80-81H,7-8,11-12,19-20,27-30,65H2,1-5H3,(H,66,77)(H,67,76)(H,82,83)/t32-,40-,41-,50-,51-,52-,53+,54-,59-,60-,62+/m0/s1. The fraction of sp³-hybridized carbons (Fsp3) is 0.422. The fourth-order valence-electron chi connectivity index (χ4n) is 11.8. The quantitative estimate of drug-likeness (QED) is 0.0374. The van der Waals surface area contributed by atoms with E-state index < -0.39 is 132 Å². The molecule has 31 heteroatoms. The number of hydrogen-bond acceptors (Lipinski definition) is 23. The predicted octanol–water partition coefficient (Wildman–Crippen LogP) is 3.63. The van der Waals surface area contributed by atoms with Crippen molar-refractivity contribution >= 4 is 64.5 Å². The van der Waals surface area contributed by atoms with E-state index in [2.05, 4.69) is 10.6 Å². The van der Waals surface area contributed by atoms with Gasteiger partial charge in [-0.05, 0) is 97.2 Å². The van der Waals surface area contributed by atoms with E-state index in [0.29, 0.717) is 54.6 Å². The minimum atomic E-state index is -2.06. The van der Waals surface area contributed by atoms with Gasteiger partial charge >= 0.3 is 23.8 Å². The molecule has 11 atom stereocenters. The summed E-state index contributed by atoms with van der Waals surface area (Å²) in [5.74, 6) is -3.97. The molecule has 5 heterocycles. The number of anilines is 3. The van der Waals surface area contributed by atoms with Crippen LogP contribution in [0.5, 0.6) is 28.7 Å². The molecule has 5 aromatic rings. The summed E-state index contributed by atoms with van der Waals surface area (Å²) < 4.78 is 46.1. The third-order valence-electron chi connectivity index (χ3n) is 17.1. The van der Waals surface area contributed by atoms with Crippen LogP contribution in [0.1, 0.15) is 89.4 Å². The maximum absolute atomic E-state index is 14.3. The average molecular weight is 1320 g/mol. The maximum Gasteiger partial charge on any atom is 0.416 e. The minimum absolute atomic E-state index is 0.00628. The van der Waals surface area contributed by atoms with E-state index in [1.807, 2.05) is 0 Å². The van der Waals surface area contributed by atoms with Crippen LogP contribution in [-0.2, 0) is 55.0 Å². The van der Waals surface area contributed by atoms with Gasteiger partial charge in [-0.15, -0.1) is 0 Å². The molecule has 0 aliphatic carbocycles. The largest absolute Gasteiger partial charge is 0.493 e. The highest BCUT2D eigenvalue weighted by molar-refractivity contribution is 6.07. The van der Waals surface area contributed by atoms with E-state index in [1.165, 1.54) is 61.3 Å². The number of methoxy groups -OCH3 is 2. The predicted molar refractivity (Wildman–Crippen MR) is 330 cm³/mol. The van der Waals surface area contributed by atoms with Gasteiger partial charge in [0.05, 0.1) is 59.8 Å². The van der Waals surface area contributed by atoms with Crippen LogP contribution in [0.3, 0.4) is 0 Å². The van der Waals surface area contributed by atoms with Crippen molar-refractivity contribution in [1.29, 1.82) is 0 Å². The van der Waals surface area contributed by atoms with Crippen molar-refractivity contribution in [3.8, 4) is 28.7 Å². The summed E-state index contributed by atoms with van der Waals surface area (Å²) in [5, 5.41) is 81.7. The SMILES string of the molecule is COc1cc2c(cc1OCc1cccc(COc3cc4c(cc3OC)C(=O)N3CCC[C@H]3[C@H](O)N4C(=O)OCc3ccc(O[C@@H]4O[C@H](C(=O)O)[C@@H](O)[C@H](O)[C@H]4O)c([N+](=O)[O-])c3)c1)N(C(=O)OCc1ccc(NC(=O)[C@H](C)NC(=O)[C@@H](N)C(C)C)cc1)[C@@H](O)[C@@H]1CCCN1C2=O. The van der Waals surface area contributed by atoms with Crippen molar-refractivity contribution in [2.45, 2.75) is 140 Å². The van der Waals surface area contributed by atoms with E-state index in [1.54, 1.807) is 62.4 Å². The molecule has 0 unspecified atom stereocenters. The minimum Gasteiger partial charge on any atom is -0.493 e. The summed E-state index contributed by atoms with van der Waals surface area (Å²) in [6, 6.07) is 18.9. The van der Waals surface area contributed by atoms with Gasteiger partial charge in [-0.2, -0.15) is 0 Å². The van der Waals surface area contributed by atoms with Crippen LogP contribution >= 0.6 is 0 Å². The number of nitrogens with two attached hydrogens (primary N) is 1. The zero-order chi connectivity index (χ0) is 68.3. The number of nitrogens with one attached hydrogen (secondary N) is 2. The molecule has 10 rings (SSSR count).